The van der Waals surface area contributed by atoms with E-state index in [1.807, 2.05) is 30.3 Å². The zero-order chi connectivity index (χ0) is 21.9. The first kappa shape index (κ1) is 21.3. The fraction of sp³-hybridized carbons (Fsp3) is 0.190. The van der Waals surface area contributed by atoms with Gasteiger partial charge in [-0.2, -0.15) is 5.10 Å². The van der Waals surface area contributed by atoms with Crippen LogP contribution in [-0.4, -0.2) is 42.3 Å². The van der Waals surface area contributed by atoms with E-state index in [0.717, 1.165) is 11.9 Å². The maximum atomic E-state index is 12.6. The number of hydrogen-bond acceptors (Lipinski definition) is 6. The maximum absolute atomic E-state index is 12.6. The lowest BCUT2D eigenvalue weighted by atomic mass is 10.1. The molecule has 0 bridgehead atoms. The maximum Gasteiger partial charge on any atom is 0.342 e. The number of sulfonamides is 1. The van der Waals surface area contributed by atoms with E-state index in [0.29, 0.717) is 16.9 Å². The number of nitrogens with zero attached hydrogens (tertiary/aromatic N) is 2. The number of esters is 1. The molecule has 0 aliphatic rings. The monoisotopic (exact) mass is 427 g/mol. The van der Waals surface area contributed by atoms with Crippen LogP contribution in [0.25, 0.3) is 5.69 Å². The lowest BCUT2D eigenvalue weighted by Crippen LogP contribution is -2.24. The molecule has 3 aromatic rings. The molecule has 2 aromatic carbocycles. The molecule has 1 aromatic heterocycles. The Labute approximate surface area is 174 Å². The predicted molar refractivity (Wildman–Crippen MR) is 112 cm³/mol. The van der Waals surface area contributed by atoms with Crippen molar-refractivity contribution >= 4 is 27.5 Å². The predicted octanol–water partition coefficient (Wildman–Crippen LogP) is 2.98. The van der Waals surface area contributed by atoms with Gasteiger partial charge in [0.2, 0.25) is 15.8 Å². The Bertz CT molecular complexity index is 1170. The molecule has 1 N–H and O–H groups in total. The molecular formula is C21H21N3O5S. The number of aromatic nitrogens is 2. The summed E-state index contributed by atoms with van der Waals surface area (Å²) in [4.78, 5) is 25.1. The number of Topliss-reactive ketones (excluding diaryl/α,β-unsaturated/α-hetero) is 1. The Balaban J connectivity index is 1.70. The summed E-state index contributed by atoms with van der Waals surface area (Å²) in [6.07, 6.45) is 1.42. The average Bonchev–Trinajstić information content (AvgIpc) is 3.09. The van der Waals surface area contributed by atoms with E-state index in [4.69, 9.17) is 4.74 Å². The van der Waals surface area contributed by atoms with Crippen molar-refractivity contribution in [2.45, 2.75) is 20.0 Å². The molecule has 30 heavy (non-hydrogen) atoms. The van der Waals surface area contributed by atoms with Crippen LogP contribution in [0.15, 0.2) is 60.8 Å². The van der Waals surface area contributed by atoms with Crippen LogP contribution in [0, 0.1) is 6.92 Å². The number of ketones is 1. The number of ether oxygens (including phenoxy) is 1. The largest absolute Gasteiger partial charge is 0.451 e. The molecule has 0 spiro atoms. The van der Waals surface area contributed by atoms with Crippen molar-refractivity contribution in [1.29, 1.82) is 0 Å². The van der Waals surface area contributed by atoms with Gasteiger partial charge in [-0.15, -0.1) is 0 Å². The van der Waals surface area contributed by atoms with Gasteiger partial charge >= 0.3 is 5.97 Å². The van der Waals surface area contributed by atoms with E-state index in [9.17, 15) is 18.0 Å². The van der Waals surface area contributed by atoms with Crippen LogP contribution in [0.3, 0.4) is 0 Å². The zero-order valence-corrected chi connectivity index (χ0v) is 17.5. The molecule has 1 atom stereocenters. The van der Waals surface area contributed by atoms with Crippen molar-refractivity contribution in [1.82, 2.24) is 9.78 Å². The number of hydrogen-bond donors (Lipinski definition) is 1. The molecule has 0 saturated carbocycles. The van der Waals surface area contributed by atoms with Crippen molar-refractivity contribution < 1.29 is 22.7 Å². The minimum atomic E-state index is -3.41. The SMILES string of the molecule is Cc1c(C(=O)OC(C)C(=O)c2ccc(NS(C)(=O)=O)cc2)cnn1-c1ccccc1. The van der Waals surface area contributed by atoms with Gasteiger partial charge in [0.05, 0.1) is 23.8 Å². The summed E-state index contributed by atoms with van der Waals surface area (Å²) in [5, 5.41) is 4.23. The molecule has 0 aliphatic carbocycles. The standard InChI is InChI=1S/C21H21N3O5S/c1-14-19(13-22-24(14)18-7-5-4-6-8-18)21(26)29-15(2)20(25)16-9-11-17(12-10-16)23-30(3,27)28/h4-13,15,23H,1-3H3. The number of para-hydroxylation sites is 1. The molecule has 1 unspecified atom stereocenters. The van der Waals surface area contributed by atoms with Gasteiger partial charge in [-0.25, -0.2) is 17.9 Å². The highest BCUT2D eigenvalue weighted by Crippen LogP contribution is 2.17. The molecule has 9 heteroatoms. The highest BCUT2D eigenvalue weighted by Gasteiger charge is 2.23. The second-order valence-corrected chi connectivity index (χ2v) is 8.50. The molecule has 0 aliphatic heterocycles. The topological polar surface area (TPSA) is 107 Å². The van der Waals surface area contributed by atoms with Gasteiger partial charge in [-0.05, 0) is 50.2 Å². The Morgan fingerprint density at radius 2 is 1.70 bits per heavy atom. The van der Waals surface area contributed by atoms with Gasteiger partial charge in [-0.1, -0.05) is 18.2 Å². The number of nitrogens with one attached hydrogen (secondary N) is 1. The fourth-order valence-corrected chi connectivity index (χ4v) is 3.43. The van der Waals surface area contributed by atoms with Crippen LogP contribution in [0.4, 0.5) is 5.69 Å². The molecule has 156 valence electrons. The smallest absolute Gasteiger partial charge is 0.342 e. The lowest BCUT2D eigenvalue weighted by molar-refractivity contribution is 0.0318. The van der Waals surface area contributed by atoms with Crippen molar-refractivity contribution in [2.75, 3.05) is 11.0 Å². The summed E-state index contributed by atoms with van der Waals surface area (Å²) in [5.41, 5.74) is 2.31. The van der Waals surface area contributed by atoms with Crippen LogP contribution in [0.5, 0.6) is 0 Å². The highest BCUT2D eigenvalue weighted by molar-refractivity contribution is 7.92. The third-order valence-corrected chi connectivity index (χ3v) is 4.96. The number of anilines is 1. The van der Waals surface area contributed by atoms with E-state index < -0.39 is 27.9 Å². The van der Waals surface area contributed by atoms with Crippen molar-refractivity contribution in [3.8, 4) is 5.69 Å². The van der Waals surface area contributed by atoms with E-state index in [1.165, 1.54) is 37.4 Å². The van der Waals surface area contributed by atoms with Crippen LogP contribution in [0.1, 0.15) is 33.3 Å². The molecule has 0 amide bonds. The Morgan fingerprint density at radius 1 is 1.07 bits per heavy atom. The Kier molecular flexibility index (Phi) is 6.02. The molecule has 0 fully saturated rings. The van der Waals surface area contributed by atoms with Gasteiger partial charge in [0, 0.05) is 11.3 Å². The quantitative estimate of drug-likeness (QED) is 0.459. The Morgan fingerprint density at radius 3 is 2.30 bits per heavy atom. The Hall–Kier alpha value is -3.46. The highest BCUT2D eigenvalue weighted by atomic mass is 32.2. The number of rotatable bonds is 7. The minimum absolute atomic E-state index is 0.270. The van der Waals surface area contributed by atoms with Crippen molar-refractivity contribution in [2.24, 2.45) is 0 Å². The van der Waals surface area contributed by atoms with Gasteiger partial charge in [-0.3, -0.25) is 9.52 Å². The zero-order valence-electron chi connectivity index (χ0n) is 16.7. The number of carbonyl (C=O) groups is 2. The lowest BCUT2D eigenvalue weighted by Gasteiger charge is -2.13. The first-order valence-corrected chi connectivity index (χ1v) is 11.0. The van der Waals surface area contributed by atoms with Gasteiger partial charge in [0.25, 0.3) is 0 Å². The van der Waals surface area contributed by atoms with Crippen molar-refractivity contribution in [3.63, 3.8) is 0 Å². The summed E-state index contributed by atoms with van der Waals surface area (Å²) in [5.74, 6) is -1.05. The molecule has 3 rings (SSSR count). The van der Waals surface area contributed by atoms with Crippen molar-refractivity contribution in [3.05, 3.63) is 77.6 Å². The van der Waals surface area contributed by atoms with E-state index in [-0.39, 0.29) is 5.56 Å². The van der Waals surface area contributed by atoms with Crippen LogP contribution < -0.4 is 4.72 Å². The summed E-state index contributed by atoms with van der Waals surface area (Å²) in [6, 6.07) is 15.2. The van der Waals surface area contributed by atoms with E-state index in [1.54, 1.807) is 11.6 Å². The molecule has 0 radical (unpaired) electrons. The second-order valence-electron chi connectivity index (χ2n) is 6.75. The summed E-state index contributed by atoms with van der Waals surface area (Å²) < 4.78 is 31.8. The van der Waals surface area contributed by atoms with E-state index >= 15 is 0 Å². The third-order valence-electron chi connectivity index (χ3n) is 4.36. The van der Waals surface area contributed by atoms with Gasteiger partial charge < -0.3 is 4.74 Å². The molecule has 0 saturated heterocycles. The number of carbonyl (C=O) groups excluding carboxylic acids is 2. The van der Waals surface area contributed by atoms with Gasteiger partial charge in [0.1, 0.15) is 5.56 Å². The summed E-state index contributed by atoms with van der Waals surface area (Å²) in [6.45, 7) is 3.23. The van der Waals surface area contributed by atoms with Crippen LogP contribution in [-0.2, 0) is 14.8 Å². The summed E-state index contributed by atoms with van der Waals surface area (Å²) >= 11 is 0. The average molecular weight is 427 g/mol. The number of benzene rings is 2. The molecule has 8 nitrogen and oxygen atoms in total. The third kappa shape index (κ3) is 4.93. The first-order valence-electron chi connectivity index (χ1n) is 9.09. The first-order chi connectivity index (χ1) is 14.2. The fourth-order valence-electron chi connectivity index (χ4n) is 2.87. The van der Waals surface area contributed by atoms with Crippen LogP contribution in [0.2, 0.25) is 0 Å². The minimum Gasteiger partial charge on any atom is -0.451 e. The second kappa shape index (κ2) is 8.50. The van der Waals surface area contributed by atoms with Gasteiger partial charge in [0.15, 0.2) is 6.10 Å². The normalized spacial score (nSPS) is 12.2. The molecular weight excluding hydrogens is 406 g/mol. The summed E-state index contributed by atoms with van der Waals surface area (Å²) in [7, 11) is -3.41. The van der Waals surface area contributed by atoms with Crippen LogP contribution >= 0.6 is 0 Å². The molecule has 1 heterocycles. The van der Waals surface area contributed by atoms with E-state index in [2.05, 4.69) is 9.82 Å².